The lowest BCUT2D eigenvalue weighted by atomic mass is 9.96. The van der Waals surface area contributed by atoms with Crippen molar-refractivity contribution in [3.63, 3.8) is 0 Å². The summed E-state index contributed by atoms with van der Waals surface area (Å²) in [7, 11) is 0. The number of aromatic nitrogens is 1. The van der Waals surface area contributed by atoms with Gasteiger partial charge >= 0.3 is 0 Å². The average molecular weight is 222 g/mol. The first-order chi connectivity index (χ1) is 7.65. The van der Waals surface area contributed by atoms with Crippen LogP contribution in [0.2, 0.25) is 0 Å². The van der Waals surface area contributed by atoms with Gasteiger partial charge in [0.05, 0.1) is 6.10 Å². The van der Waals surface area contributed by atoms with Crippen molar-refractivity contribution in [1.82, 2.24) is 4.98 Å². The molecule has 3 nitrogen and oxygen atoms in total. The molecular weight excluding hydrogens is 200 g/mol. The highest BCUT2D eigenvalue weighted by Crippen LogP contribution is 2.13. The van der Waals surface area contributed by atoms with E-state index in [0.29, 0.717) is 12.5 Å². The molecular formula is C13H22N2O. The van der Waals surface area contributed by atoms with Gasteiger partial charge in [-0.25, -0.2) is 0 Å². The molecule has 1 aromatic rings. The monoisotopic (exact) mass is 222 g/mol. The van der Waals surface area contributed by atoms with Gasteiger partial charge in [0, 0.05) is 31.0 Å². The van der Waals surface area contributed by atoms with Gasteiger partial charge in [-0.3, -0.25) is 4.98 Å². The Labute approximate surface area is 98.0 Å². The number of ether oxygens (including phenoxy) is 1. The molecule has 0 spiro atoms. The van der Waals surface area contributed by atoms with E-state index >= 15 is 0 Å². The van der Waals surface area contributed by atoms with Gasteiger partial charge in [-0.2, -0.15) is 0 Å². The molecule has 0 aliphatic heterocycles. The van der Waals surface area contributed by atoms with Gasteiger partial charge in [-0.1, -0.05) is 19.9 Å². The van der Waals surface area contributed by atoms with Crippen LogP contribution >= 0.6 is 0 Å². The quantitative estimate of drug-likeness (QED) is 0.801. The van der Waals surface area contributed by atoms with Gasteiger partial charge in [0.15, 0.2) is 0 Å². The second-order valence-corrected chi connectivity index (χ2v) is 4.35. The molecule has 1 rings (SSSR count). The summed E-state index contributed by atoms with van der Waals surface area (Å²) in [4.78, 5) is 4.29. The van der Waals surface area contributed by atoms with Gasteiger partial charge in [0.25, 0.3) is 0 Å². The minimum absolute atomic E-state index is 0.00912. The van der Waals surface area contributed by atoms with Gasteiger partial charge in [-0.15, -0.1) is 0 Å². The van der Waals surface area contributed by atoms with Crippen LogP contribution in [-0.4, -0.2) is 23.7 Å². The van der Waals surface area contributed by atoms with Crippen LogP contribution in [0.3, 0.4) is 0 Å². The predicted octanol–water partition coefficient (Wildman–Crippen LogP) is 2.01. The summed E-state index contributed by atoms with van der Waals surface area (Å²) >= 11 is 0. The Morgan fingerprint density at radius 2 is 2.12 bits per heavy atom. The highest BCUT2D eigenvalue weighted by atomic mass is 16.5. The van der Waals surface area contributed by atoms with Crippen molar-refractivity contribution >= 4 is 0 Å². The molecule has 2 unspecified atom stereocenters. The Balaban J connectivity index is 2.58. The Kier molecular flexibility index (Phi) is 5.43. The third-order valence-corrected chi connectivity index (χ3v) is 2.61. The van der Waals surface area contributed by atoms with Gasteiger partial charge in [0.1, 0.15) is 0 Å². The fourth-order valence-corrected chi connectivity index (χ4v) is 1.88. The maximum absolute atomic E-state index is 6.17. The van der Waals surface area contributed by atoms with E-state index in [-0.39, 0.29) is 12.1 Å². The van der Waals surface area contributed by atoms with E-state index in [0.717, 1.165) is 12.1 Å². The molecule has 0 saturated carbocycles. The average Bonchev–Trinajstić information content (AvgIpc) is 2.26. The number of nitrogens with zero attached hydrogens (tertiary/aromatic N) is 1. The molecule has 90 valence electrons. The molecule has 0 aliphatic carbocycles. The van der Waals surface area contributed by atoms with Crippen molar-refractivity contribution in [3.8, 4) is 0 Å². The normalized spacial score (nSPS) is 15.1. The molecule has 3 heteroatoms. The predicted molar refractivity (Wildman–Crippen MR) is 66.2 cm³/mol. The second-order valence-electron chi connectivity index (χ2n) is 4.35. The summed E-state index contributed by atoms with van der Waals surface area (Å²) in [5.74, 6) is 0.429. The van der Waals surface area contributed by atoms with Crippen LogP contribution in [0.1, 0.15) is 26.5 Å². The maximum Gasteiger partial charge on any atom is 0.0752 e. The molecule has 0 amide bonds. The summed E-state index contributed by atoms with van der Waals surface area (Å²) < 4.78 is 5.68. The Hall–Kier alpha value is -0.930. The SMILES string of the molecule is CCOC(C(C)C)C(N)Cc1ccccn1. The van der Waals surface area contributed by atoms with Gasteiger partial charge in [-0.05, 0) is 25.0 Å². The largest absolute Gasteiger partial charge is 0.377 e. The summed E-state index contributed by atoms with van der Waals surface area (Å²) in [6.45, 7) is 6.98. The minimum atomic E-state index is 0.00912. The molecule has 0 aliphatic rings. The number of rotatable bonds is 6. The standard InChI is InChI=1S/C13H22N2O/c1-4-16-13(10(2)3)12(14)9-11-7-5-6-8-15-11/h5-8,10,12-13H,4,9,14H2,1-3H3. The number of nitrogens with two attached hydrogens (primary N) is 1. The molecule has 16 heavy (non-hydrogen) atoms. The van der Waals surface area contributed by atoms with E-state index in [9.17, 15) is 0 Å². The molecule has 1 heterocycles. The molecule has 0 saturated heterocycles. The van der Waals surface area contributed by atoms with Gasteiger partial charge in [0.2, 0.25) is 0 Å². The van der Waals surface area contributed by atoms with Crippen LogP contribution in [0.15, 0.2) is 24.4 Å². The first-order valence-electron chi connectivity index (χ1n) is 5.92. The minimum Gasteiger partial charge on any atom is -0.377 e. The Morgan fingerprint density at radius 3 is 2.62 bits per heavy atom. The molecule has 0 aromatic carbocycles. The Bertz CT molecular complexity index is 287. The van der Waals surface area contributed by atoms with E-state index in [1.54, 1.807) is 6.20 Å². The molecule has 2 atom stereocenters. The highest BCUT2D eigenvalue weighted by molar-refractivity contribution is 5.05. The van der Waals surface area contributed by atoms with Crippen molar-refractivity contribution in [1.29, 1.82) is 0 Å². The van der Waals surface area contributed by atoms with Crippen LogP contribution in [0.25, 0.3) is 0 Å². The number of hydrogen-bond acceptors (Lipinski definition) is 3. The zero-order valence-corrected chi connectivity index (χ0v) is 10.4. The number of hydrogen-bond donors (Lipinski definition) is 1. The molecule has 0 radical (unpaired) electrons. The van der Waals surface area contributed by atoms with E-state index in [4.69, 9.17) is 10.5 Å². The van der Waals surface area contributed by atoms with Crippen molar-refractivity contribution in [3.05, 3.63) is 30.1 Å². The first kappa shape index (κ1) is 13.1. The third kappa shape index (κ3) is 3.91. The summed E-state index contributed by atoms with van der Waals surface area (Å²) in [6.07, 6.45) is 2.67. The third-order valence-electron chi connectivity index (χ3n) is 2.61. The Morgan fingerprint density at radius 1 is 1.38 bits per heavy atom. The van der Waals surface area contributed by atoms with Gasteiger partial charge < -0.3 is 10.5 Å². The number of pyridine rings is 1. The van der Waals surface area contributed by atoms with Crippen molar-refractivity contribution in [2.75, 3.05) is 6.61 Å². The summed E-state index contributed by atoms with van der Waals surface area (Å²) in [5, 5.41) is 0. The lowest BCUT2D eigenvalue weighted by Crippen LogP contribution is -2.42. The fraction of sp³-hybridized carbons (Fsp3) is 0.615. The molecule has 0 bridgehead atoms. The molecule has 1 aromatic heterocycles. The lowest BCUT2D eigenvalue weighted by molar-refractivity contribution is 0.0126. The topological polar surface area (TPSA) is 48.1 Å². The zero-order valence-electron chi connectivity index (χ0n) is 10.4. The van der Waals surface area contributed by atoms with E-state index in [1.807, 2.05) is 25.1 Å². The fourth-order valence-electron chi connectivity index (χ4n) is 1.88. The maximum atomic E-state index is 6.17. The summed E-state index contributed by atoms with van der Waals surface area (Å²) in [6, 6.07) is 5.91. The highest BCUT2D eigenvalue weighted by Gasteiger charge is 2.22. The smallest absolute Gasteiger partial charge is 0.0752 e. The summed E-state index contributed by atoms with van der Waals surface area (Å²) in [5.41, 5.74) is 7.20. The van der Waals surface area contributed by atoms with E-state index in [1.165, 1.54) is 0 Å². The van der Waals surface area contributed by atoms with Crippen molar-refractivity contribution in [2.24, 2.45) is 11.7 Å². The van der Waals surface area contributed by atoms with Crippen molar-refractivity contribution in [2.45, 2.75) is 39.3 Å². The van der Waals surface area contributed by atoms with Crippen LogP contribution < -0.4 is 5.73 Å². The lowest BCUT2D eigenvalue weighted by Gasteiger charge is -2.26. The van der Waals surface area contributed by atoms with Crippen LogP contribution in [0, 0.1) is 5.92 Å². The van der Waals surface area contributed by atoms with Crippen LogP contribution in [-0.2, 0) is 11.2 Å². The molecule has 0 fully saturated rings. The van der Waals surface area contributed by atoms with E-state index < -0.39 is 0 Å². The van der Waals surface area contributed by atoms with Crippen LogP contribution in [0.5, 0.6) is 0 Å². The van der Waals surface area contributed by atoms with E-state index in [2.05, 4.69) is 18.8 Å². The van der Waals surface area contributed by atoms with Crippen molar-refractivity contribution < 1.29 is 4.74 Å². The molecule has 2 N–H and O–H groups in total. The zero-order chi connectivity index (χ0) is 12.0. The second kappa shape index (κ2) is 6.61. The van der Waals surface area contributed by atoms with Crippen LogP contribution in [0.4, 0.5) is 0 Å². The first-order valence-corrected chi connectivity index (χ1v) is 5.92.